The highest BCUT2D eigenvalue weighted by Gasteiger charge is 2.06. The molecular weight excluding hydrogens is 232 g/mol. The predicted octanol–water partition coefficient (Wildman–Crippen LogP) is 4.36. The van der Waals surface area contributed by atoms with Gasteiger partial charge in [0.25, 0.3) is 0 Å². The van der Waals surface area contributed by atoms with E-state index in [9.17, 15) is 0 Å². The number of benzene rings is 2. The van der Waals surface area contributed by atoms with Gasteiger partial charge >= 0.3 is 0 Å². The molecule has 0 amide bonds. The number of aromatic amines is 1. The van der Waals surface area contributed by atoms with Gasteiger partial charge in [0.1, 0.15) is 5.82 Å². The second kappa shape index (κ2) is 4.73. The molecule has 0 fully saturated rings. The average Bonchev–Trinajstić information content (AvgIpc) is 2.88. The molecule has 1 aromatic heterocycles. The van der Waals surface area contributed by atoms with Gasteiger partial charge in [-0.15, -0.1) is 0 Å². The lowest BCUT2D eigenvalue weighted by Gasteiger charge is -2.01. The van der Waals surface area contributed by atoms with Crippen molar-refractivity contribution in [3.63, 3.8) is 0 Å². The van der Waals surface area contributed by atoms with Crippen LogP contribution in [0.2, 0.25) is 0 Å². The minimum Gasteiger partial charge on any atom is -0.344 e. The van der Waals surface area contributed by atoms with E-state index < -0.39 is 0 Å². The first-order chi connectivity index (χ1) is 9.22. The maximum absolute atomic E-state index is 4.68. The summed E-state index contributed by atoms with van der Waals surface area (Å²) in [6.45, 7) is 4.22. The maximum atomic E-state index is 4.68. The van der Waals surface area contributed by atoms with Gasteiger partial charge in [-0.05, 0) is 26.0 Å². The number of rotatable bonds is 2. The van der Waals surface area contributed by atoms with Crippen molar-refractivity contribution in [1.29, 1.82) is 0 Å². The molecule has 94 valence electrons. The normalized spacial score (nSPS) is 10.6. The molecule has 0 atom stereocenters. The summed E-state index contributed by atoms with van der Waals surface area (Å²) < 4.78 is 0. The summed E-state index contributed by atoms with van der Waals surface area (Å²) in [5.41, 5.74) is 5.77. The van der Waals surface area contributed by atoms with Crippen molar-refractivity contribution in [2.45, 2.75) is 13.8 Å². The quantitative estimate of drug-likeness (QED) is 0.717. The van der Waals surface area contributed by atoms with Crippen molar-refractivity contribution in [2.24, 2.45) is 0 Å². The molecule has 3 rings (SSSR count). The molecule has 0 aliphatic rings. The molecule has 1 heterocycles. The lowest BCUT2D eigenvalue weighted by Crippen LogP contribution is -1.85. The van der Waals surface area contributed by atoms with Crippen LogP contribution in [0.15, 0.2) is 54.7 Å². The smallest absolute Gasteiger partial charge is 0.138 e. The number of hydrogen-bond acceptors (Lipinski definition) is 1. The van der Waals surface area contributed by atoms with Gasteiger partial charge in [0.05, 0.1) is 5.69 Å². The van der Waals surface area contributed by atoms with Crippen molar-refractivity contribution in [3.8, 4) is 22.6 Å². The molecule has 0 radical (unpaired) electrons. The molecule has 2 heteroatoms. The van der Waals surface area contributed by atoms with Gasteiger partial charge in [-0.1, -0.05) is 47.5 Å². The van der Waals surface area contributed by atoms with E-state index in [1.165, 1.54) is 11.1 Å². The fourth-order valence-corrected chi connectivity index (χ4v) is 2.34. The van der Waals surface area contributed by atoms with Gasteiger partial charge < -0.3 is 4.98 Å². The molecule has 19 heavy (non-hydrogen) atoms. The minimum absolute atomic E-state index is 0.922. The highest BCUT2D eigenvalue weighted by atomic mass is 14.9. The Labute approximate surface area is 113 Å². The number of nitrogens with zero attached hydrogens (tertiary/aromatic N) is 1. The van der Waals surface area contributed by atoms with Crippen LogP contribution in [-0.4, -0.2) is 9.97 Å². The summed E-state index contributed by atoms with van der Waals surface area (Å²) in [6.07, 6.45) is 1.96. The van der Waals surface area contributed by atoms with Crippen LogP contribution in [0, 0.1) is 13.8 Å². The Morgan fingerprint density at radius 3 is 2.21 bits per heavy atom. The van der Waals surface area contributed by atoms with E-state index >= 15 is 0 Å². The Hall–Kier alpha value is -2.35. The number of nitrogens with one attached hydrogen (secondary N) is 1. The van der Waals surface area contributed by atoms with Crippen molar-refractivity contribution in [1.82, 2.24) is 9.97 Å². The van der Waals surface area contributed by atoms with Gasteiger partial charge in [0, 0.05) is 17.3 Å². The topological polar surface area (TPSA) is 28.7 Å². The third kappa shape index (κ3) is 2.43. The fourth-order valence-electron chi connectivity index (χ4n) is 2.34. The highest BCUT2D eigenvalue weighted by molar-refractivity contribution is 5.65. The lowest BCUT2D eigenvalue weighted by molar-refractivity contribution is 1.28. The molecule has 0 aliphatic carbocycles. The number of hydrogen-bond donors (Lipinski definition) is 1. The Bertz CT molecular complexity index is 676. The molecule has 0 saturated carbocycles. The van der Waals surface area contributed by atoms with E-state index in [2.05, 4.69) is 54.1 Å². The van der Waals surface area contributed by atoms with E-state index in [1.54, 1.807) is 0 Å². The van der Waals surface area contributed by atoms with Crippen LogP contribution in [0.3, 0.4) is 0 Å². The first-order valence-electron chi connectivity index (χ1n) is 6.42. The van der Waals surface area contributed by atoms with Crippen LogP contribution in [-0.2, 0) is 0 Å². The van der Waals surface area contributed by atoms with E-state index in [-0.39, 0.29) is 0 Å². The van der Waals surface area contributed by atoms with Gasteiger partial charge in [-0.3, -0.25) is 0 Å². The molecule has 0 bridgehead atoms. The molecule has 1 N–H and O–H groups in total. The third-order valence-electron chi connectivity index (χ3n) is 3.14. The first kappa shape index (κ1) is 11.7. The molecular formula is C17H16N2. The molecule has 0 aliphatic heterocycles. The number of H-pyrrole nitrogens is 1. The second-order valence-corrected chi connectivity index (χ2v) is 4.88. The van der Waals surface area contributed by atoms with Crippen molar-refractivity contribution in [3.05, 3.63) is 65.9 Å². The highest BCUT2D eigenvalue weighted by Crippen LogP contribution is 2.23. The Morgan fingerprint density at radius 1 is 0.842 bits per heavy atom. The zero-order valence-electron chi connectivity index (χ0n) is 11.1. The van der Waals surface area contributed by atoms with Gasteiger partial charge in [0.15, 0.2) is 0 Å². The molecule has 2 aromatic carbocycles. The molecule has 0 unspecified atom stereocenters. The van der Waals surface area contributed by atoms with Gasteiger partial charge in [0.2, 0.25) is 0 Å². The van der Waals surface area contributed by atoms with Gasteiger partial charge in [-0.2, -0.15) is 0 Å². The van der Waals surface area contributed by atoms with E-state index in [0.29, 0.717) is 0 Å². The van der Waals surface area contributed by atoms with Crippen molar-refractivity contribution < 1.29 is 0 Å². The van der Waals surface area contributed by atoms with Crippen LogP contribution in [0.4, 0.5) is 0 Å². The minimum atomic E-state index is 0.922. The zero-order valence-corrected chi connectivity index (χ0v) is 11.1. The summed E-state index contributed by atoms with van der Waals surface area (Å²) in [5, 5.41) is 0. The molecule has 0 saturated heterocycles. The molecule has 2 nitrogen and oxygen atoms in total. The standard InChI is InChI=1S/C17H16N2/c1-12-8-13(2)10-15(9-12)17-18-11-16(19-17)14-6-4-3-5-7-14/h3-11H,1-2H3,(H,18,19). The predicted molar refractivity (Wildman–Crippen MR) is 78.9 cm³/mol. The first-order valence-corrected chi connectivity index (χ1v) is 6.42. The van der Waals surface area contributed by atoms with Crippen molar-refractivity contribution >= 4 is 0 Å². The summed E-state index contributed by atoms with van der Waals surface area (Å²) in [6, 6.07) is 16.7. The lowest BCUT2D eigenvalue weighted by atomic mass is 10.1. The van der Waals surface area contributed by atoms with E-state index in [0.717, 1.165) is 22.6 Å². The average molecular weight is 248 g/mol. The molecule has 3 aromatic rings. The van der Waals surface area contributed by atoms with E-state index in [1.807, 2.05) is 24.4 Å². The maximum Gasteiger partial charge on any atom is 0.138 e. The third-order valence-corrected chi connectivity index (χ3v) is 3.14. The number of imidazole rings is 1. The number of aryl methyl sites for hydroxylation is 2. The van der Waals surface area contributed by atoms with Crippen molar-refractivity contribution in [2.75, 3.05) is 0 Å². The second-order valence-electron chi connectivity index (χ2n) is 4.88. The summed E-state index contributed by atoms with van der Waals surface area (Å²) >= 11 is 0. The van der Waals surface area contributed by atoms with E-state index in [4.69, 9.17) is 0 Å². The molecule has 0 spiro atoms. The Balaban J connectivity index is 2.02. The monoisotopic (exact) mass is 248 g/mol. The SMILES string of the molecule is Cc1cc(C)cc(-c2nc(-c3ccccc3)c[nH]2)c1. The van der Waals surface area contributed by atoms with Crippen LogP contribution in [0.25, 0.3) is 22.6 Å². The van der Waals surface area contributed by atoms with Crippen LogP contribution < -0.4 is 0 Å². The van der Waals surface area contributed by atoms with Crippen LogP contribution in [0.1, 0.15) is 11.1 Å². The summed E-state index contributed by atoms with van der Waals surface area (Å²) in [7, 11) is 0. The Kier molecular flexibility index (Phi) is 2.92. The van der Waals surface area contributed by atoms with Crippen LogP contribution >= 0.6 is 0 Å². The van der Waals surface area contributed by atoms with Gasteiger partial charge in [-0.25, -0.2) is 4.98 Å². The largest absolute Gasteiger partial charge is 0.344 e. The summed E-state index contributed by atoms with van der Waals surface area (Å²) in [4.78, 5) is 7.94. The number of aromatic nitrogens is 2. The summed E-state index contributed by atoms with van der Waals surface area (Å²) in [5.74, 6) is 0.922. The Morgan fingerprint density at radius 2 is 1.53 bits per heavy atom. The zero-order chi connectivity index (χ0) is 13.2. The van der Waals surface area contributed by atoms with Crippen LogP contribution in [0.5, 0.6) is 0 Å². The fraction of sp³-hybridized carbons (Fsp3) is 0.118.